The van der Waals surface area contributed by atoms with Crippen LogP contribution in [0.4, 0.5) is 0 Å². The van der Waals surface area contributed by atoms with E-state index in [0.717, 1.165) is 24.2 Å². The molecule has 0 aliphatic rings. The Morgan fingerprint density at radius 1 is 1.07 bits per heavy atom. The van der Waals surface area contributed by atoms with Gasteiger partial charge < -0.3 is 9.63 Å². The van der Waals surface area contributed by atoms with Crippen LogP contribution < -0.4 is 9.63 Å². The second-order valence-electron chi connectivity index (χ2n) is 6.31. The van der Waals surface area contributed by atoms with Crippen molar-refractivity contribution in [3.63, 3.8) is 0 Å². The highest BCUT2D eigenvalue weighted by Gasteiger charge is 2.29. The van der Waals surface area contributed by atoms with Gasteiger partial charge in [-0.15, -0.1) is 4.52 Å². The smallest absolute Gasteiger partial charge is 0.489 e. The molecule has 2 aromatic rings. The molecule has 1 N–H and O–H groups in total. The third-order valence-electron chi connectivity index (χ3n) is 4.04. The molecule has 0 heterocycles. The van der Waals surface area contributed by atoms with Gasteiger partial charge in [-0.1, -0.05) is 37.6 Å². The van der Waals surface area contributed by atoms with E-state index in [1.54, 1.807) is 0 Å². The summed E-state index contributed by atoms with van der Waals surface area (Å²) < 4.78 is 52.1. The highest BCUT2D eigenvalue weighted by atomic mass is 32.2. The Hall–Kier alpha value is -1.83. The first-order chi connectivity index (χ1) is 13.3. The van der Waals surface area contributed by atoms with E-state index < -0.39 is 23.8 Å². The maximum Gasteiger partial charge on any atom is 0.489 e. The average Bonchev–Trinajstić information content (AvgIpc) is 2.62. The molecule has 0 amide bonds. The Kier molecular flexibility index (Phi) is 8.54. The van der Waals surface area contributed by atoms with Gasteiger partial charge in [-0.3, -0.25) is 4.55 Å². The van der Waals surface area contributed by atoms with E-state index in [1.807, 2.05) is 48.5 Å². The normalized spacial score (nSPS) is 13.2. The molecule has 2 unspecified atom stereocenters. The fourth-order valence-corrected chi connectivity index (χ4v) is 4.15. The molecule has 2 aromatic carbocycles. The molecule has 7 nitrogen and oxygen atoms in total. The van der Waals surface area contributed by atoms with Gasteiger partial charge in [-0.05, 0) is 65.6 Å². The first kappa shape index (κ1) is 22.5. The molecule has 0 saturated heterocycles. The summed E-state index contributed by atoms with van der Waals surface area (Å²) in [5.74, 6) is 1.36. The summed E-state index contributed by atoms with van der Waals surface area (Å²) in [6.45, 7) is 2.13. The van der Waals surface area contributed by atoms with Crippen molar-refractivity contribution in [2.24, 2.45) is 0 Å². The van der Waals surface area contributed by atoms with Crippen molar-refractivity contribution in [1.29, 1.82) is 0 Å². The van der Waals surface area contributed by atoms with Crippen LogP contribution in [0.15, 0.2) is 48.5 Å². The third-order valence-corrected chi connectivity index (χ3v) is 5.60. The average molecular weight is 426 g/mol. The van der Waals surface area contributed by atoms with Crippen molar-refractivity contribution < 1.29 is 31.7 Å². The zero-order valence-corrected chi connectivity index (χ0v) is 17.2. The predicted molar refractivity (Wildman–Crippen MR) is 104 cm³/mol. The molecule has 0 aliphatic heterocycles. The molecule has 9 heteroatoms. The van der Waals surface area contributed by atoms with Crippen LogP contribution in [0.25, 0.3) is 0 Å². The van der Waals surface area contributed by atoms with Gasteiger partial charge in [-0.25, -0.2) is 0 Å². The Morgan fingerprint density at radius 2 is 1.79 bits per heavy atom. The molecule has 0 fully saturated rings. The highest BCUT2D eigenvalue weighted by molar-refractivity contribution is 7.86. The summed E-state index contributed by atoms with van der Waals surface area (Å²) in [7, 11) is -7.97. The van der Waals surface area contributed by atoms with E-state index in [2.05, 4.69) is 11.4 Å². The molecule has 0 bridgehead atoms. The monoisotopic (exact) mass is 426 g/mol. The summed E-state index contributed by atoms with van der Waals surface area (Å²) in [6, 6.07) is 15.2. The zero-order valence-electron chi connectivity index (χ0n) is 15.5. The lowest BCUT2D eigenvalue weighted by atomic mass is 10.1. The van der Waals surface area contributed by atoms with Gasteiger partial charge in [0, 0.05) is 0 Å². The minimum Gasteiger partial charge on any atom is -0.566 e. The number of ether oxygens (including phenoxy) is 1. The van der Waals surface area contributed by atoms with Gasteiger partial charge in [0.05, 0.1) is 0 Å². The molecule has 0 radical (unpaired) electrons. The van der Waals surface area contributed by atoms with E-state index in [0.29, 0.717) is 18.6 Å². The van der Waals surface area contributed by atoms with Gasteiger partial charge in [0.1, 0.15) is 11.5 Å². The number of benzene rings is 2. The van der Waals surface area contributed by atoms with Gasteiger partial charge in [-0.2, -0.15) is 8.42 Å². The molecule has 2 atom stereocenters. The highest BCUT2D eigenvalue weighted by Crippen LogP contribution is 2.25. The minimum atomic E-state index is -4.60. The van der Waals surface area contributed by atoms with E-state index in [9.17, 15) is 17.9 Å². The van der Waals surface area contributed by atoms with Crippen LogP contribution in [0.2, 0.25) is 0 Å². The quantitative estimate of drug-likeness (QED) is 0.427. The fraction of sp³-hybridized carbons (Fsp3) is 0.368. The Balaban J connectivity index is 1.94. The SMILES string of the molecule is CCCc1ccc(Oc2cccc(CCCC(O[P+](=O)[O-])S(=O)(=O)O)c2)cc1. The summed E-state index contributed by atoms with van der Waals surface area (Å²) in [5, 5.41) is 0. The summed E-state index contributed by atoms with van der Waals surface area (Å²) >= 11 is 0. The lowest BCUT2D eigenvalue weighted by Crippen LogP contribution is -2.22. The lowest BCUT2D eigenvalue weighted by Gasteiger charge is -2.10. The second kappa shape index (κ2) is 10.6. The van der Waals surface area contributed by atoms with Crippen molar-refractivity contribution in [3.05, 3.63) is 59.7 Å². The van der Waals surface area contributed by atoms with Crippen molar-refractivity contribution in [3.8, 4) is 11.5 Å². The van der Waals surface area contributed by atoms with Crippen LogP contribution in [-0.2, 0) is 32.0 Å². The van der Waals surface area contributed by atoms with Crippen molar-refractivity contribution >= 4 is 18.4 Å². The summed E-state index contributed by atoms with van der Waals surface area (Å²) in [4.78, 5) is 10.6. The maximum atomic E-state index is 11.2. The van der Waals surface area contributed by atoms with E-state index in [4.69, 9.17) is 9.29 Å². The number of hydrogen-bond donors (Lipinski definition) is 1. The standard InChI is InChI=1S/C19H23O7PS/c1-2-5-15-10-12-17(13-11-15)25-18-8-3-6-16(14-18)7-4-9-19(26-27(20)21)28(22,23)24/h3,6,8,10-14,19H,2,4-5,7,9H2,1H3,(H,22,23,24). The number of hydrogen-bond acceptors (Lipinski definition) is 6. The molecule has 0 aromatic heterocycles. The van der Waals surface area contributed by atoms with Crippen molar-refractivity contribution in [1.82, 2.24) is 0 Å². The van der Waals surface area contributed by atoms with Crippen LogP contribution in [0.3, 0.4) is 0 Å². The van der Waals surface area contributed by atoms with E-state index >= 15 is 0 Å². The molecule has 28 heavy (non-hydrogen) atoms. The van der Waals surface area contributed by atoms with Crippen LogP contribution in [0, 0.1) is 0 Å². The third kappa shape index (κ3) is 7.66. The molecule has 0 aliphatic carbocycles. The second-order valence-corrected chi connectivity index (χ2v) is 8.52. The summed E-state index contributed by atoms with van der Waals surface area (Å²) in [5.41, 5.74) is 0.356. The van der Waals surface area contributed by atoms with Crippen LogP contribution >= 0.6 is 8.25 Å². The molecular formula is C19H23O7PS. The van der Waals surface area contributed by atoms with E-state index in [-0.39, 0.29) is 6.42 Å². The predicted octanol–water partition coefficient (Wildman–Crippen LogP) is 4.00. The Labute approximate surface area is 166 Å². The number of rotatable bonds is 11. The fourth-order valence-electron chi connectivity index (χ4n) is 2.74. The minimum absolute atomic E-state index is 0.147. The molecule has 2 rings (SSSR count). The lowest BCUT2D eigenvalue weighted by molar-refractivity contribution is -0.187. The van der Waals surface area contributed by atoms with Crippen LogP contribution in [-0.4, -0.2) is 18.4 Å². The maximum absolute atomic E-state index is 11.2. The number of aryl methyl sites for hydroxylation is 2. The van der Waals surface area contributed by atoms with Gasteiger partial charge >= 0.3 is 8.25 Å². The Bertz CT molecular complexity index is 881. The van der Waals surface area contributed by atoms with E-state index in [1.165, 1.54) is 5.56 Å². The first-order valence-electron chi connectivity index (χ1n) is 8.91. The zero-order chi connectivity index (χ0) is 20.6. The molecule has 152 valence electrons. The molecule has 0 spiro atoms. The van der Waals surface area contributed by atoms with Gasteiger partial charge in [0.25, 0.3) is 10.1 Å². The topological polar surface area (TPSA) is 113 Å². The van der Waals surface area contributed by atoms with Gasteiger partial charge in [0.15, 0.2) is 0 Å². The van der Waals surface area contributed by atoms with Crippen LogP contribution in [0.5, 0.6) is 11.5 Å². The van der Waals surface area contributed by atoms with Crippen molar-refractivity contribution in [2.75, 3.05) is 0 Å². The Morgan fingerprint density at radius 3 is 2.39 bits per heavy atom. The van der Waals surface area contributed by atoms with Crippen LogP contribution in [0.1, 0.15) is 37.3 Å². The van der Waals surface area contributed by atoms with Gasteiger partial charge in [0.2, 0.25) is 5.44 Å². The van der Waals surface area contributed by atoms with Crippen molar-refractivity contribution in [2.45, 2.75) is 44.5 Å². The molecule has 0 saturated carbocycles. The molecular weight excluding hydrogens is 403 g/mol. The largest absolute Gasteiger partial charge is 0.566 e. The first-order valence-corrected chi connectivity index (χ1v) is 11.5. The summed E-state index contributed by atoms with van der Waals surface area (Å²) in [6.07, 6.45) is 2.73.